The highest BCUT2D eigenvalue weighted by atomic mass is 35.5. The van der Waals surface area contributed by atoms with Crippen molar-refractivity contribution in [3.8, 4) is 5.75 Å². The molecule has 0 saturated carbocycles. The molecule has 17 heavy (non-hydrogen) atoms. The Balaban J connectivity index is 2.07. The van der Waals surface area contributed by atoms with Gasteiger partial charge in [0.1, 0.15) is 18.2 Å². The van der Waals surface area contributed by atoms with Gasteiger partial charge in [0.2, 0.25) is 0 Å². The number of benzene rings is 1. The average molecular weight is 250 g/mol. The molecule has 0 aliphatic rings. The van der Waals surface area contributed by atoms with Gasteiger partial charge in [0, 0.05) is 16.8 Å². The molecule has 4 nitrogen and oxygen atoms in total. The molecule has 2 aromatic rings. The standard InChI is InChI=1S/C12H12ClN3O/c13-10-4-1-5-11(7-10)17-8-9-3-2-6-15-12(9)16-14/h1-7H,8,14H2,(H,15,16). The number of aromatic nitrogens is 1. The Morgan fingerprint density at radius 3 is 2.94 bits per heavy atom. The largest absolute Gasteiger partial charge is 0.489 e. The molecule has 1 heterocycles. The van der Waals surface area contributed by atoms with E-state index in [-0.39, 0.29) is 0 Å². The van der Waals surface area contributed by atoms with Gasteiger partial charge in [0.15, 0.2) is 0 Å². The molecule has 0 spiro atoms. The average Bonchev–Trinajstić information content (AvgIpc) is 2.37. The summed E-state index contributed by atoms with van der Waals surface area (Å²) in [5.74, 6) is 6.67. The van der Waals surface area contributed by atoms with Gasteiger partial charge in [-0.25, -0.2) is 10.8 Å². The minimum absolute atomic E-state index is 0.383. The Morgan fingerprint density at radius 1 is 1.29 bits per heavy atom. The molecule has 0 atom stereocenters. The van der Waals surface area contributed by atoms with Gasteiger partial charge in [0.05, 0.1) is 0 Å². The van der Waals surface area contributed by atoms with E-state index in [4.69, 9.17) is 22.2 Å². The first kappa shape index (κ1) is 11.7. The van der Waals surface area contributed by atoms with Gasteiger partial charge >= 0.3 is 0 Å². The third-order valence-corrected chi connectivity index (χ3v) is 2.45. The minimum Gasteiger partial charge on any atom is -0.489 e. The molecule has 0 unspecified atom stereocenters. The fraction of sp³-hybridized carbons (Fsp3) is 0.0833. The van der Waals surface area contributed by atoms with Crippen molar-refractivity contribution in [3.05, 3.63) is 53.2 Å². The molecular formula is C12H12ClN3O. The van der Waals surface area contributed by atoms with E-state index < -0.39 is 0 Å². The van der Waals surface area contributed by atoms with Crippen LogP contribution in [0, 0.1) is 0 Å². The first-order valence-electron chi connectivity index (χ1n) is 5.08. The van der Waals surface area contributed by atoms with Crippen LogP contribution < -0.4 is 16.0 Å². The highest BCUT2D eigenvalue weighted by Crippen LogP contribution is 2.19. The zero-order valence-corrected chi connectivity index (χ0v) is 9.82. The van der Waals surface area contributed by atoms with Crippen molar-refractivity contribution in [1.29, 1.82) is 0 Å². The topological polar surface area (TPSA) is 60.2 Å². The van der Waals surface area contributed by atoms with Gasteiger partial charge < -0.3 is 10.2 Å². The minimum atomic E-state index is 0.383. The Labute approximate surface area is 104 Å². The molecule has 0 saturated heterocycles. The third-order valence-electron chi connectivity index (χ3n) is 2.22. The summed E-state index contributed by atoms with van der Waals surface area (Å²) >= 11 is 5.86. The van der Waals surface area contributed by atoms with Crippen LogP contribution in [0.1, 0.15) is 5.56 Å². The molecular weight excluding hydrogens is 238 g/mol. The van der Waals surface area contributed by atoms with Gasteiger partial charge in [-0.05, 0) is 24.3 Å². The first-order chi connectivity index (χ1) is 8.29. The van der Waals surface area contributed by atoms with Crippen LogP contribution in [0.5, 0.6) is 5.75 Å². The van der Waals surface area contributed by atoms with Crippen LogP contribution >= 0.6 is 11.6 Å². The molecule has 5 heteroatoms. The Morgan fingerprint density at radius 2 is 2.18 bits per heavy atom. The van der Waals surface area contributed by atoms with E-state index in [2.05, 4.69) is 10.4 Å². The maximum Gasteiger partial charge on any atom is 0.146 e. The van der Waals surface area contributed by atoms with E-state index in [0.717, 1.165) is 5.56 Å². The van der Waals surface area contributed by atoms with E-state index >= 15 is 0 Å². The zero-order chi connectivity index (χ0) is 12.1. The van der Waals surface area contributed by atoms with Crippen molar-refractivity contribution in [2.45, 2.75) is 6.61 Å². The molecule has 0 aliphatic heterocycles. The number of nitrogens with two attached hydrogens (primary N) is 1. The Bertz CT molecular complexity index is 505. The lowest BCUT2D eigenvalue weighted by Gasteiger charge is -2.09. The molecule has 1 aromatic heterocycles. The molecule has 0 bridgehead atoms. The maximum atomic E-state index is 5.86. The third kappa shape index (κ3) is 3.09. The second kappa shape index (κ2) is 5.52. The summed E-state index contributed by atoms with van der Waals surface area (Å²) in [6, 6.07) is 11.0. The van der Waals surface area contributed by atoms with Gasteiger partial charge in [-0.15, -0.1) is 0 Å². The highest BCUT2D eigenvalue weighted by molar-refractivity contribution is 6.30. The summed E-state index contributed by atoms with van der Waals surface area (Å²) in [5, 5.41) is 0.644. The van der Waals surface area contributed by atoms with Crippen LogP contribution in [0.2, 0.25) is 5.02 Å². The van der Waals surface area contributed by atoms with Crippen molar-refractivity contribution >= 4 is 17.4 Å². The maximum absolute atomic E-state index is 5.86. The van der Waals surface area contributed by atoms with Crippen molar-refractivity contribution in [2.24, 2.45) is 5.84 Å². The van der Waals surface area contributed by atoms with Crippen LogP contribution in [-0.4, -0.2) is 4.98 Å². The number of nitrogen functional groups attached to an aromatic ring is 1. The number of hydrogen-bond acceptors (Lipinski definition) is 4. The van der Waals surface area contributed by atoms with Crippen LogP contribution in [0.25, 0.3) is 0 Å². The van der Waals surface area contributed by atoms with Gasteiger partial charge in [-0.1, -0.05) is 23.7 Å². The predicted octanol–water partition coefficient (Wildman–Crippen LogP) is 2.60. The molecule has 0 aliphatic carbocycles. The van der Waals surface area contributed by atoms with Crippen LogP contribution in [0.3, 0.4) is 0 Å². The number of rotatable bonds is 4. The lowest BCUT2D eigenvalue weighted by molar-refractivity contribution is 0.306. The number of ether oxygens (including phenoxy) is 1. The van der Waals surface area contributed by atoms with E-state index in [0.29, 0.717) is 23.2 Å². The molecule has 3 N–H and O–H groups in total. The summed E-state index contributed by atoms with van der Waals surface area (Å²) < 4.78 is 5.60. The molecule has 2 rings (SSSR count). The van der Waals surface area contributed by atoms with Gasteiger partial charge in [0.25, 0.3) is 0 Å². The van der Waals surface area contributed by atoms with E-state index in [1.165, 1.54) is 0 Å². The number of nitrogens with zero attached hydrogens (tertiary/aromatic N) is 1. The van der Waals surface area contributed by atoms with E-state index in [1.807, 2.05) is 24.3 Å². The zero-order valence-electron chi connectivity index (χ0n) is 9.06. The van der Waals surface area contributed by atoms with Crippen LogP contribution in [0.15, 0.2) is 42.6 Å². The van der Waals surface area contributed by atoms with Crippen molar-refractivity contribution in [2.75, 3.05) is 5.43 Å². The quantitative estimate of drug-likeness (QED) is 0.646. The number of pyridine rings is 1. The second-order valence-electron chi connectivity index (χ2n) is 3.40. The lowest BCUT2D eigenvalue weighted by Crippen LogP contribution is -2.12. The number of anilines is 1. The number of nitrogens with one attached hydrogen (secondary N) is 1. The normalized spacial score (nSPS) is 10.0. The van der Waals surface area contributed by atoms with E-state index in [1.54, 1.807) is 18.3 Å². The summed E-state index contributed by atoms with van der Waals surface area (Å²) in [6.07, 6.45) is 1.66. The SMILES string of the molecule is NNc1ncccc1COc1cccc(Cl)c1. The number of halogens is 1. The number of hydrazine groups is 1. The lowest BCUT2D eigenvalue weighted by atomic mass is 10.2. The fourth-order valence-electron chi connectivity index (χ4n) is 1.40. The first-order valence-corrected chi connectivity index (χ1v) is 5.46. The summed E-state index contributed by atoms with van der Waals surface area (Å²) in [6.45, 7) is 0.383. The van der Waals surface area contributed by atoms with Crippen LogP contribution in [0.4, 0.5) is 5.82 Å². The Hall–Kier alpha value is -1.78. The van der Waals surface area contributed by atoms with Gasteiger partial charge in [-0.2, -0.15) is 0 Å². The molecule has 0 radical (unpaired) electrons. The number of hydrogen-bond donors (Lipinski definition) is 2. The summed E-state index contributed by atoms with van der Waals surface area (Å²) in [5.41, 5.74) is 3.41. The second-order valence-corrected chi connectivity index (χ2v) is 3.84. The molecule has 0 amide bonds. The van der Waals surface area contributed by atoms with Crippen molar-refractivity contribution in [3.63, 3.8) is 0 Å². The van der Waals surface area contributed by atoms with Crippen molar-refractivity contribution in [1.82, 2.24) is 4.98 Å². The molecule has 0 fully saturated rings. The summed E-state index contributed by atoms with van der Waals surface area (Å²) in [4.78, 5) is 4.08. The fourth-order valence-corrected chi connectivity index (χ4v) is 1.58. The van der Waals surface area contributed by atoms with Crippen LogP contribution in [-0.2, 0) is 6.61 Å². The smallest absolute Gasteiger partial charge is 0.146 e. The highest BCUT2D eigenvalue weighted by Gasteiger charge is 2.02. The summed E-state index contributed by atoms with van der Waals surface area (Å²) in [7, 11) is 0. The molecule has 88 valence electrons. The Kier molecular flexibility index (Phi) is 3.80. The van der Waals surface area contributed by atoms with E-state index in [9.17, 15) is 0 Å². The monoisotopic (exact) mass is 249 g/mol. The molecule has 1 aromatic carbocycles. The predicted molar refractivity (Wildman–Crippen MR) is 67.8 cm³/mol. The van der Waals surface area contributed by atoms with Crippen molar-refractivity contribution < 1.29 is 4.74 Å². The van der Waals surface area contributed by atoms with Gasteiger partial charge in [-0.3, -0.25) is 0 Å².